The van der Waals surface area contributed by atoms with Gasteiger partial charge in [-0.05, 0) is 26.3 Å². The van der Waals surface area contributed by atoms with Crippen LogP contribution >= 0.6 is 24.0 Å². The molecule has 0 aromatic carbocycles. The molecule has 1 aromatic heterocycles. The molecule has 116 valence electrons. The number of guanidine groups is 1. The van der Waals surface area contributed by atoms with Gasteiger partial charge in [0.2, 0.25) is 0 Å². The van der Waals surface area contributed by atoms with Crippen molar-refractivity contribution in [2.45, 2.75) is 32.9 Å². The highest BCUT2D eigenvalue weighted by Crippen LogP contribution is 1.94. The first-order chi connectivity index (χ1) is 9.13. The quantitative estimate of drug-likeness (QED) is 0.318. The van der Waals surface area contributed by atoms with Crippen molar-refractivity contribution in [1.82, 2.24) is 20.4 Å². The molecular formula is C13H26IN5O. The summed E-state index contributed by atoms with van der Waals surface area (Å²) in [7, 11) is 3.69. The maximum Gasteiger partial charge on any atom is 0.191 e. The van der Waals surface area contributed by atoms with Crippen molar-refractivity contribution in [3.05, 3.63) is 18.0 Å². The van der Waals surface area contributed by atoms with E-state index >= 15 is 0 Å². The first-order valence-electron chi connectivity index (χ1n) is 6.66. The Labute approximate surface area is 138 Å². The van der Waals surface area contributed by atoms with E-state index in [-0.39, 0.29) is 24.0 Å². The lowest BCUT2D eigenvalue weighted by molar-refractivity contribution is 0.0776. The molecule has 0 aliphatic heterocycles. The number of hydrogen-bond donors (Lipinski definition) is 2. The highest BCUT2D eigenvalue weighted by atomic mass is 127. The van der Waals surface area contributed by atoms with Gasteiger partial charge in [0.15, 0.2) is 5.96 Å². The first-order valence-corrected chi connectivity index (χ1v) is 6.66. The van der Waals surface area contributed by atoms with Crippen LogP contribution in [0.5, 0.6) is 0 Å². The number of aliphatic imine (C=N–C) groups is 1. The van der Waals surface area contributed by atoms with E-state index in [0.29, 0.717) is 12.6 Å². The summed E-state index contributed by atoms with van der Waals surface area (Å²) in [4.78, 5) is 4.17. The fourth-order valence-corrected chi connectivity index (χ4v) is 1.57. The highest BCUT2D eigenvalue weighted by molar-refractivity contribution is 14.0. The monoisotopic (exact) mass is 395 g/mol. The molecule has 0 aliphatic rings. The van der Waals surface area contributed by atoms with Gasteiger partial charge in [-0.3, -0.25) is 9.67 Å². The second-order valence-corrected chi connectivity index (χ2v) is 4.57. The van der Waals surface area contributed by atoms with Crippen molar-refractivity contribution in [1.29, 1.82) is 0 Å². The van der Waals surface area contributed by atoms with E-state index in [1.165, 1.54) is 0 Å². The number of halogens is 1. The van der Waals surface area contributed by atoms with Crippen LogP contribution in [0.2, 0.25) is 0 Å². The molecule has 0 unspecified atom stereocenters. The van der Waals surface area contributed by atoms with E-state index in [9.17, 15) is 0 Å². The summed E-state index contributed by atoms with van der Waals surface area (Å²) in [6.07, 6.45) is 3.04. The fourth-order valence-electron chi connectivity index (χ4n) is 1.57. The van der Waals surface area contributed by atoms with E-state index in [4.69, 9.17) is 4.74 Å². The zero-order chi connectivity index (χ0) is 14.1. The number of nitrogens with zero attached hydrogens (tertiary/aromatic N) is 3. The van der Waals surface area contributed by atoms with Crippen molar-refractivity contribution in [2.24, 2.45) is 12.0 Å². The molecule has 0 spiro atoms. The molecule has 20 heavy (non-hydrogen) atoms. The maximum atomic E-state index is 5.48. The molecule has 1 rings (SSSR count). The Morgan fingerprint density at radius 2 is 2.20 bits per heavy atom. The normalized spacial score (nSPS) is 11.3. The lowest BCUT2D eigenvalue weighted by Crippen LogP contribution is -2.38. The van der Waals surface area contributed by atoms with Gasteiger partial charge in [0, 0.05) is 33.4 Å². The van der Waals surface area contributed by atoms with E-state index in [2.05, 4.69) is 20.7 Å². The molecule has 1 aromatic rings. The first kappa shape index (κ1) is 19.2. The lowest BCUT2D eigenvalue weighted by Gasteiger charge is -2.12. The summed E-state index contributed by atoms with van der Waals surface area (Å²) < 4.78 is 7.32. The van der Waals surface area contributed by atoms with Crippen LogP contribution in [-0.4, -0.2) is 42.0 Å². The lowest BCUT2D eigenvalue weighted by atomic mass is 10.4. The largest absolute Gasteiger partial charge is 0.379 e. The minimum Gasteiger partial charge on any atom is -0.379 e. The van der Waals surface area contributed by atoms with Crippen LogP contribution in [0.25, 0.3) is 0 Å². The predicted octanol–water partition coefficient (Wildman–Crippen LogP) is 1.52. The van der Waals surface area contributed by atoms with Crippen LogP contribution in [0, 0.1) is 0 Å². The average molecular weight is 395 g/mol. The third-order valence-corrected chi connectivity index (χ3v) is 2.65. The Morgan fingerprint density at radius 3 is 2.75 bits per heavy atom. The smallest absolute Gasteiger partial charge is 0.191 e. The fraction of sp³-hybridized carbons (Fsp3) is 0.692. The van der Waals surface area contributed by atoms with Gasteiger partial charge in [-0.1, -0.05) is 0 Å². The van der Waals surface area contributed by atoms with Gasteiger partial charge < -0.3 is 15.4 Å². The van der Waals surface area contributed by atoms with Crippen LogP contribution in [0.15, 0.2) is 17.3 Å². The standard InChI is InChI=1S/C13H25N5O.HI/c1-11(2)19-9-5-7-15-13(14-3)16-10-12-6-8-17-18(12)4;/h6,8,11H,5,7,9-10H2,1-4H3,(H2,14,15,16);1H. The van der Waals surface area contributed by atoms with Gasteiger partial charge >= 0.3 is 0 Å². The topological polar surface area (TPSA) is 63.5 Å². The van der Waals surface area contributed by atoms with Crippen LogP contribution in [0.4, 0.5) is 0 Å². The minimum absolute atomic E-state index is 0. The Hall–Kier alpha value is -0.830. The molecule has 0 saturated heterocycles. The summed E-state index contributed by atoms with van der Waals surface area (Å²) >= 11 is 0. The van der Waals surface area contributed by atoms with Crippen LogP contribution in [-0.2, 0) is 18.3 Å². The number of aromatic nitrogens is 2. The summed E-state index contributed by atoms with van der Waals surface area (Å²) in [5, 5.41) is 10.6. The molecule has 6 nitrogen and oxygen atoms in total. The molecule has 1 heterocycles. The summed E-state index contributed by atoms with van der Waals surface area (Å²) in [6.45, 7) is 6.41. The third kappa shape index (κ3) is 7.68. The Morgan fingerprint density at radius 1 is 1.45 bits per heavy atom. The van der Waals surface area contributed by atoms with E-state index in [1.807, 2.05) is 31.6 Å². The van der Waals surface area contributed by atoms with Gasteiger partial charge in [-0.2, -0.15) is 5.10 Å². The van der Waals surface area contributed by atoms with Crippen molar-refractivity contribution in [2.75, 3.05) is 20.2 Å². The molecule has 0 saturated carbocycles. The maximum absolute atomic E-state index is 5.48. The molecule has 0 radical (unpaired) electrons. The van der Waals surface area contributed by atoms with Crippen LogP contribution < -0.4 is 10.6 Å². The van der Waals surface area contributed by atoms with Crippen LogP contribution in [0.1, 0.15) is 26.0 Å². The summed E-state index contributed by atoms with van der Waals surface area (Å²) in [6, 6.07) is 1.98. The van der Waals surface area contributed by atoms with Crippen molar-refractivity contribution in [3.63, 3.8) is 0 Å². The molecule has 0 amide bonds. The number of aryl methyl sites for hydroxylation is 1. The van der Waals surface area contributed by atoms with Crippen molar-refractivity contribution in [3.8, 4) is 0 Å². The number of rotatable bonds is 7. The van der Waals surface area contributed by atoms with E-state index < -0.39 is 0 Å². The van der Waals surface area contributed by atoms with E-state index in [0.717, 1.165) is 31.2 Å². The number of nitrogens with one attached hydrogen (secondary N) is 2. The Balaban J connectivity index is 0.00000361. The van der Waals surface area contributed by atoms with Crippen LogP contribution in [0.3, 0.4) is 0 Å². The summed E-state index contributed by atoms with van der Waals surface area (Å²) in [5.74, 6) is 0.797. The molecule has 0 fully saturated rings. The van der Waals surface area contributed by atoms with Gasteiger partial charge in [-0.15, -0.1) is 24.0 Å². The zero-order valence-corrected chi connectivity index (χ0v) is 15.0. The number of hydrogen-bond acceptors (Lipinski definition) is 3. The van der Waals surface area contributed by atoms with Crippen molar-refractivity contribution < 1.29 is 4.74 Å². The average Bonchev–Trinajstić information content (AvgIpc) is 2.78. The minimum atomic E-state index is 0. The predicted molar refractivity (Wildman–Crippen MR) is 92.5 cm³/mol. The van der Waals surface area contributed by atoms with Gasteiger partial charge in [0.05, 0.1) is 18.3 Å². The third-order valence-electron chi connectivity index (χ3n) is 2.65. The zero-order valence-electron chi connectivity index (χ0n) is 12.7. The molecular weight excluding hydrogens is 369 g/mol. The van der Waals surface area contributed by atoms with Gasteiger partial charge in [0.25, 0.3) is 0 Å². The summed E-state index contributed by atoms with van der Waals surface area (Å²) in [5.41, 5.74) is 1.12. The van der Waals surface area contributed by atoms with Gasteiger partial charge in [0.1, 0.15) is 0 Å². The SMILES string of the molecule is CN=C(NCCCOC(C)C)NCc1ccnn1C.I. The molecule has 0 aliphatic carbocycles. The Bertz CT molecular complexity index is 392. The molecule has 7 heteroatoms. The number of ether oxygens (including phenoxy) is 1. The second kappa shape index (κ2) is 10.9. The molecule has 2 N–H and O–H groups in total. The van der Waals surface area contributed by atoms with Gasteiger partial charge in [-0.25, -0.2) is 0 Å². The van der Waals surface area contributed by atoms with E-state index in [1.54, 1.807) is 13.2 Å². The highest BCUT2D eigenvalue weighted by Gasteiger charge is 2.01. The second-order valence-electron chi connectivity index (χ2n) is 4.57. The Kier molecular flexibility index (Phi) is 10.4. The molecule has 0 bridgehead atoms. The van der Waals surface area contributed by atoms with Crippen molar-refractivity contribution >= 4 is 29.9 Å². The molecule has 0 atom stereocenters.